The summed E-state index contributed by atoms with van der Waals surface area (Å²) in [5.41, 5.74) is 8.75. The standard InChI is InChI=1S/C25H27ClN2O3/c1-2-14-30-24-13-10-20(16-22(24)26)28-25(29)23(27)15-18-8-11-21(12-9-18)31-17-19-6-4-3-5-7-19/h3-13,16,23H,2,14-15,17,27H2,1H3,(H,28,29). The second-order valence-corrected chi connectivity index (χ2v) is 7.62. The second kappa shape index (κ2) is 11.4. The van der Waals surface area contributed by atoms with Gasteiger partial charge in [0.2, 0.25) is 5.91 Å². The van der Waals surface area contributed by atoms with Crippen molar-refractivity contribution in [3.8, 4) is 11.5 Å². The van der Waals surface area contributed by atoms with Crippen molar-refractivity contribution in [3.05, 3.63) is 88.9 Å². The van der Waals surface area contributed by atoms with Crippen LogP contribution >= 0.6 is 11.6 Å². The second-order valence-electron chi connectivity index (χ2n) is 7.21. The zero-order valence-electron chi connectivity index (χ0n) is 17.5. The van der Waals surface area contributed by atoms with Crippen LogP contribution in [0.3, 0.4) is 0 Å². The highest BCUT2D eigenvalue weighted by Gasteiger charge is 2.15. The molecule has 3 aromatic rings. The molecule has 1 amide bonds. The highest BCUT2D eigenvalue weighted by molar-refractivity contribution is 6.32. The molecule has 0 fully saturated rings. The average molecular weight is 439 g/mol. The van der Waals surface area contributed by atoms with E-state index in [1.165, 1.54) is 0 Å². The van der Waals surface area contributed by atoms with E-state index in [9.17, 15) is 4.79 Å². The number of nitrogens with two attached hydrogens (primary N) is 1. The molecule has 0 aromatic heterocycles. The first-order valence-corrected chi connectivity index (χ1v) is 10.7. The number of hydrogen-bond acceptors (Lipinski definition) is 4. The number of anilines is 1. The number of amides is 1. The van der Waals surface area contributed by atoms with E-state index in [0.717, 1.165) is 23.3 Å². The molecule has 0 spiro atoms. The van der Waals surface area contributed by atoms with E-state index in [4.69, 9.17) is 26.8 Å². The Hall–Kier alpha value is -3.02. The fraction of sp³-hybridized carbons (Fsp3) is 0.240. The first-order chi connectivity index (χ1) is 15.0. The average Bonchev–Trinajstić information content (AvgIpc) is 2.79. The Morgan fingerprint density at radius 2 is 1.74 bits per heavy atom. The molecular weight excluding hydrogens is 412 g/mol. The first kappa shape index (κ1) is 22.7. The van der Waals surface area contributed by atoms with Gasteiger partial charge >= 0.3 is 0 Å². The van der Waals surface area contributed by atoms with E-state index in [0.29, 0.717) is 36.1 Å². The van der Waals surface area contributed by atoms with Crippen molar-refractivity contribution < 1.29 is 14.3 Å². The van der Waals surface area contributed by atoms with Crippen LogP contribution in [-0.4, -0.2) is 18.6 Å². The van der Waals surface area contributed by atoms with Crippen molar-refractivity contribution in [1.82, 2.24) is 0 Å². The number of carbonyl (C=O) groups is 1. The highest BCUT2D eigenvalue weighted by atomic mass is 35.5. The van der Waals surface area contributed by atoms with Crippen molar-refractivity contribution in [3.63, 3.8) is 0 Å². The first-order valence-electron chi connectivity index (χ1n) is 10.3. The monoisotopic (exact) mass is 438 g/mol. The Labute approximate surface area is 188 Å². The lowest BCUT2D eigenvalue weighted by Gasteiger charge is -2.14. The lowest BCUT2D eigenvalue weighted by Crippen LogP contribution is -2.37. The van der Waals surface area contributed by atoms with Gasteiger partial charge < -0.3 is 20.5 Å². The maximum absolute atomic E-state index is 12.5. The SMILES string of the molecule is CCCOc1ccc(NC(=O)C(N)Cc2ccc(OCc3ccccc3)cc2)cc1Cl. The molecule has 0 aliphatic carbocycles. The molecule has 0 radical (unpaired) electrons. The van der Waals surface area contributed by atoms with Gasteiger partial charge in [-0.3, -0.25) is 4.79 Å². The third-order valence-corrected chi connectivity index (χ3v) is 4.92. The van der Waals surface area contributed by atoms with Crippen molar-refractivity contribution in [2.75, 3.05) is 11.9 Å². The van der Waals surface area contributed by atoms with Gasteiger partial charge in [0.05, 0.1) is 17.7 Å². The van der Waals surface area contributed by atoms with Crippen LogP contribution in [0, 0.1) is 0 Å². The molecule has 31 heavy (non-hydrogen) atoms. The van der Waals surface area contributed by atoms with Gasteiger partial charge in [0.25, 0.3) is 0 Å². The van der Waals surface area contributed by atoms with E-state index in [-0.39, 0.29) is 5.91 Å². The van der Waals surface area contributed by atoms with E-state index >= 15 is 0 Å². The topological polar surface area (TPSA) is 73.6 Å². The summed E-state index contributed by atoms with van der Waals surface area (Å²) >= 11 is 6.22. The third kappa shape index (κ3) is 7.02. The zero-order chi connectivity index (χ0) is 22.1. The molecule has 0 bridgehead atoms. The largest absolute Gasteiger partial charge is 0.492 e. The summed E-state index contributed by atoms with van der Waals surface area (Å²) in [6.07, 6.45) is 1.31. The van der Waals surface area contributed by atoms with Gasteiger partial charge in [-0.2, -0.15) is 0 Å². The smallest absolute Gasteiger partial charge is 0.241 e. The normalized spacial score (nSPS) is 11.6. The van der Waals surface area contributed by atoms with Gasteiger partial charge in [-0.1, -0.05) is 61.0 Å². The Bertz CT molecular complexity index is 978. The molecule has 1 unspecified atom stereocenters. The van der Waals surface area contributed by atoms with Gasteiger partial charge in [-0.15, -0.1) is 0 Å². The maximum atomic E-state index is 12.5. The maximum Gasteiger partial charge on any atom is 0.241 e. The fourth-order valence-electron chi connectivity index (χ4n) is 2.95. The van der Waals surface area contributed by atoms with Gasteiger partial charge in [0.15, 0.2) is 0 Å². The molecule has 3 rings (SSSR count). The number of carbonyl (C=O) groups excluding carboxylic acids is 1. The molecule has 0 aliphatic rings. The molecule has 5 nitrogen and oxygen atoms in total. The summed E-state index contributed by atoms with van der Waals surface area (Å²) in [5, 5.41) is 3.26. The summed E-state index contributed by atoms with van der Waals surface area (Å²) in [4.78, 5) is 12.5. The van der Waals surface area contributed by atoms with Crippen LogP contribution in [0.15, 0.2) is 72.8 Å². The van der Waals surface area contributed by atoms with Gasteiger partial charge in [-0.25, -0.2) is 0 Å². The molecule has 3 aromatic carbocycles. The zero-order valence-corrected chi connectivity index (χ0v) is 18.3. The Morgan fingerprint density at radius 1 is 1.00 bits per heavy atom. The van der Waals surface area contributed by atoms with Crippen LogP contribution in [0.2, 0.25) is 5.02 Å². The van der Waals surface area contributed by atoms with Crippen LogP contribution < -0.4 is 20.5 Å². The van der Waals surface area contributed by atoms with Gasteiger partial charge in [0.1, 0.15) is 18.1 Å². The lowest BCUT2D eigenvalue weighted by atomic mass is 10.1. The number of rotatable bonds is 10. The van der Waals surface area contributed by atoms with Crippen molar-refractivity contribution in [1.29, 1.82) is 0 Å². The van der Waals surface area contributed by atoms with Crippen LogP contribution in [0.5, 0.6) is 11.5 Å². The Kier molecular flexibility index (Phi) is 8.33. The van der Waals surface area contributed by atoms with E-state index in [1.807, 2.05) is 61.5 Å². The molecule has 162 valence electrons. The summed E-state index contributed by atoms with van der Waals surface area (Å²) < 4.78 is 11.3. The highest BCUT2D eigenvalue weighted by Crippen LogP contribution is 2.28. The lowest BCUT2D eigenvalue weighted by molar-refractivity contribution is -0.117. The van der Waals surface area contributed by atoms with Crippen LogP contribution in [-0.2, 0) is 17.8 Å². The molecule has 0 saturated carbocycles. The molecule has 0 heterocycles. The van der Waals surface area contributed by atoms with Crippen LogP contribution in [0.25, 0.3) is 0 Å². The van der Waals surface area contributed by atoms with E-state index in [2.05, 4.69) is 5.32 Å². The molecular formula is C25H27ClN2O3. The summed E-state index contributed by atoms with van der Waals surface area (Å²) in [6.45, 7) is 3.12. The minimum atomic E-state index is -0.689. The molecule has 1 atom stereocenters. The van der Waals surface area contributed by atoms with Crippen molar-refractivity contribution in [2.45, 2.75) is 32.4 Å². The molecule has 6 heteroatoms. The fourth-order valence-corrected chi connectivity index (χ4v) is 3.19. The quantitative estimate of drug-likeness (QED) is 0.455. The van der Waals surface area contributed by atoms with E-state index in [1.54, 1.807) is 18.2 Å². The van der Waals surface area contributed by atoms with Gasteiger partial charge in [-0.05, 0) is 54.3 Å². The minimum absolute atomic E-state index is 0.275. The Balaban J connectivity index is 1.50. The number of halogens is 1. The number of nitrogens with one attached hydrogen (secondary N) is 1. The van der Waals surface area contributed by atoms with Crippen LogP contribution in [0.1, 0.15) is 24.5 Å². The summed E-state index contributed by atoms with van der Waals surface area (Å²) in [6, 6.07) is 22.1. The number of benzene rings is 3. The van der Waals surface area contributed by atoms with Crippen molar-refractivity contribution >= 4 is 23.2 Å². The third-order valence-electron chi connectivity index (χ3n) is 4.63. The molecule has 0 saturated heterocycles. The Morgan fingerprint density at radius 3 is 2.42 bits per heavy atom. The summed E-state index contributed by atoms with van der Waals surface area (Å²) in [7, 11) is 0. The van der Waals surface area contributed by atoms with Crippen LogP contribution in [0.4, 0.5) is 5.69 Å². The van der Waals surface area contributed by atoms with Crippen molar-refractivity contribution in [2.24, 2.45) is 5.73 Å². The molecule has 0 aliphatic heterocycles. The minimum Gasteiger partial charge on any atom is -0.492 e. The number of hydrogen-bond donors (Lipinski definition) is 2. The molecule has 3 N–H and O–H groups in total. The van der Waals surface area contributed by atoms with E-state index < -0.39 is 6.04 Å². The summed E-state index contributed by atoms with van der Waals surface area (Å²) in [5.74, 6) is 1.09. The number of ether oxygens (including phenoxy) is 2. The predicted octanol–water partition coefficient (Wildman–Crippen LogP) is 5.22. The van der Waals surface area contributed by atoms with Gasteiger partial charge in [0, 0.05) is 5.69 Å². The predicted molar refractivity (Wildman–Crippen MR) is 125 cm³/mol.